The normalized spacial score (nSPS) is 19.6. The average Bonchev–Trinajstić information content (AvgIpc) is 3.37. The number of carbonyl (C=O) groups excluding carboxylic acids is 1. The fourth-order valence-corrected chi connectivity index (χ4v) is 5.17. The summed E-state index contributed by atoms with van der Waals surface area (Å²) in [6.45, 7) is 0.613. The summed E-state index contributed by atoms with van der Waals surface area (Å²) in [5.74, 6) is -4.58. The van der Waals surface area contributed by atoms with Gasteiger partial charge < -0.3 is 10.1 Å². The molecule has 1 aliphatic rings. The van der Waals surface area contributed by atoms with Crippen LogP contribution in [-0.2, 0) is 36.9 Å². The summed E-state index contributed by atoms with van der Waals surface area (Å²) >= 11 is 0. The van der Waals surface area contributed by atoms with E-state index in [0.717, 1.165) is 17.7 Å². The lowest BCUT2D eigenvalue weighted by atomic mass is 9.70. The zero-order valence-corrected chi connectivity index (χ0v) is 22.3. The number of ether oxygens (including phenoxy) is 1. The first-order valence-corrected chi connectivity index (χ1v) is 12.8. The molecule has 5 nitrogen and oxygen atoms in total. The maximum Gasteiger partial charge on any atom is 0.494 e. The molecule has 15 heteroatoms. The maximum atomic E-state index is 14.0. The van der Waals surface area contributed by atoms with E-state index in [1.165, 1.54) is 24.3 Å². The molecule has 3 aromatic rings. The highest BCUT2D eigenvalue weighted by molar-refractivity contribution is 5.75. The van der Waals surface area contributed by atoms with E-state index in [-0.39, 0.29) is 31.9 Å². The lowest BCUT2D eigenvalue weighted by molar-refractivity contribution is -0.478. The Kier molecular flexibility index (Phi) is 9.33. The molecule has 1 fully saturated rings. The van der Waals surface area contributed by atoms with E-state index in [1.807, 2.05) is 18.2 Å². The molecule has 0 bridgehead atoms. The minimum atomic E-state index is -6.42. The highest BCUT2D eigenvalue weighted by Gasteiger charge is 2.76. The summed E-state index contributed by atoms with van der Waals surface area (Å²) in [6, 6.07) is 17.1. The van der Waals surface area contributed by atoms with Gasteiger partial charge in [-0.3, -0.25) is 4.89 Å². The Labute approximate surface area is 243 Å². The van der Waals surface area contributed by atoms with E-state index < -0.39 is 52.8 Å². The average molecular weight is 639 g/mol. The summed E-state index contributed by atoms with van der Waals surface area (Å²) in [4.78, 5) is 17.3. The van der Waals surface area contributed by atoms with Crippen LogP contribution in [0.25, 0.3) is 0 Å². The second-order valence-electron chi connectivity index (χ2n) is 10.1. The molecule has 3 aromatic carbocycles. The predicted octanol–water partition coefficient (Wildman–Crippen LogP) is 7.02. The van der Waals surface area contributed by atoms with Gasteiger partial charge in [-0.1, -0.05) is 66.7 Å². The minimum absolute atomic E-state index is 0.0124. The van der Waals surface area contributed by atoms with Crippen LogP contribution in [0.2, 0.25) is 0 Å². The monoisotopic (exact) mass is 639 g/mol. The van der Waals surface area contributed by atoms with Crippen LogP contribution in [0.4, 0.5) is 43.9 Å². The first-order chi connectivity index (χ1) is 20.5. The van der Waals surface area contributed by atoms with Gasteiger partial charge in [0.05, 0.1) is 13.2 Å². The van der Waals surface area contributed by atoms with Gasteiger partial charge in [0, 0.05) is 30.0 Å². The number of nitrogens with one attached hydrogen (secondary N) is 1. The molecule has 0 radical (unpaired) electrons. The molecule has 4 rings (SSSR count). The molecular formula is C29H23F10NO4. The first kappa shape index (κ1) is 33.2. The van der Waals surface area contributed by atoms with Crippen LogP contribution < -0.4 is 5.32 Å². The SMILES string of the molecule is O=C(OOC(c1ccc([C@@H]2CNC[C@]2(COCc2ccccc2)c2ccc(F)cc2)cc1)(C(F)(F)F)C(F)(F)F)C(F)(F)F. The second-order valence-corrected chi connectivity index (χ2v) is 10.1. The van der Waals surface area contributed by atoms with Crippen molar-refractivity contribution in [3.8, 4) is 0 Å². The van der Waals surface area contributed by atoms with Gasteiger partial charge in [-0.15, -0.1) is 0 Å². The second kappa shape index (κ2) is 12.4. The van der Waals surface area contributed by atoms with Crippen molar-refractivity contribution in [2.75, 3.05) is 19.7 Å². The third kappa shape index (κ3) is 6.54. The van der Waals surface area contributed by atoms with Gasteiger partial charge >= 0.3 is 30.1 Å². The number of rotatable bonds is 9. The molecule has 0 saturated carbocycles. The van der Waals surface area contributed by atoms with Crippen LogP contribution in [0.5, 0.6) is 0 Å². The van der Waals surface area contributed by atoms with E-state index in [0.29, 0.717) is 17.7 Å². The fraction of sp³-hybridized carbons (Fsp3) is 0.345. The highest BCUT2D eigenvalue weighted by atomic mass is 19.4. The lowest BCUT2D eigenvalue weighted by Gasteiger charge is -2.37. The van der Waals surface area contributed by atoms with E-state index in [2.05, 4.69) is 15.1 Å². The maximum absolute atomic E-state index is 14.0. The molecule has 0 spiro atoms. The van der Waals surface area contributed by atoms with Crippen molar-refractivity contribution in [1.29, 1.82) is 0 Å². The summed E-state index contributed by atoms with van der Waals surface area (Å²) in [5, 5.41) is 3.14. The van der Waals surface area contributed by atoms with Gasteiger partial charge in [-0.05, 0) is 28.8 Å². The Morgan fingerprint density at radius 1 is 0.818 bits per heavy atom. The van der Waals surface area contributed by atoms with Crippen molar-refractivity contribution < 1.29 is 63.2 Å². The van der Waals surface area contributed by atoms with Crippen LogP contribution in [-0.4, -0.2) is 44.2 Å². The molecule has 0 aliphatic carbocycles. The van der Waals surface area contributed by atoms with Gasteiger partial charge in [0.15, 0.2) is 0 Å². The Balaban J connectivity index is 1.72. The van der Waals surface area contributed by atoms with Gasteiger partial charge in [-0.25, -0.2) is 9.18 Å². The third-order valence-corrected chi connectivity index (χ3v) is 7.34. The van der Waals surface area contributed by atoms with E-state index in [1.54, 1.807) is 12.1 Å². The number of alkyl halides is 9. The Morgan fingerprint density at radius 3 is 1.95 bits per heavy atom. The van der Waals surface area contributed by atoms with Crippen LogP contribution in [0.15, 0.2) is 78.9 Å². The fourth-order valence-electron chi connectivity index (χ4n) is 5.17. The lowest BCUT2D eigenvalue weighted by Crippen LogP contribution is -2.56. The molecular weight excluding hydrogens is 616 g/mol. The predicted molar refractivity (Wildman–Crippen MR) is 133 cm³/mol. The Hall–Kier alpha value is -3.69. The van der Waals surface area contributed by atoms with Crippen LogP contribution in [0.3, 0.4) is 0 Å². The molecule has 1 saturated heterocycles. The van der Waals surface area contributed by atoms with Crippen molar-refractivity contribution in [2.45, 2.75) is 42.1 Å². The van der Waals surface area contributed by atoms with E-state index in [4.69, 9.17) is 4.74 Å². The molecule has 44 heavy (non-hydrogen) atoms. The zero-order valence-electron chi connectivity index (χ0n) is 22.3. The number of carbonyl (C=O) groups is 1. The molecule has 0 aromatic heterocycles. The van der Waals surface area contributed by atoms with Crippen molar-refractivity contribution in [2.24, 2.45) is 0 Å². The van der Waals surface area contributed by atoms with Crippen molar-refractivity contribution >= 4 is 5.97 Å². The van der Waals surface area contributed by atoms with Gasteiger partial charge in [0.1, 0.15) is 5.82 Å². The Morgan fingerprint density at radius 2 is 1.41 bits per heavy atom. The third-order valence-electron chi connectivity index (χ3n) is 7.34. The van der Waals surface area contributed by atoms with Crippen molar-refractivity contribution in [3.05, 3.63) is 107 Å². The molecule has 1 heterocycles. The van der Waals surface area contributed by atoms with Crippen LogP contribution in [0.1, 0.15) is 28.2 Å². The standard InChI is InChI=1S/C29H23F10NO4/c30-22-12-10-20(11-13-22)25(17-42-15-18-4-2-1-3-5-18)16-40-14-23(25)19-6-8-21(9-7-19)26(28(34,35)36,29(37,38)39)44-43-24(41)27(31,32)33/h1-13,23,40H,14-17H2/t23-,25-/m0/s1. The quantitative estimate of drug-likeness (QED) is 0.155. The first-order valence-electron chi connectivity index (χ1n) is 12.8. The van der Waals surface area contributed by atoms with Gasteiger partial charge in [-0.2, -0.15) is 44.4 Å². The molecule has 1 aliphatic heterocycles. The molecule has 0 unspecified atom stereocenters. The van der Waals surface area contributed by atoms with Crippen LogP contribution >= 0.6 is 0 Å². The molecule has 0 amide bonds. The summed E-state index contributed by atoms with van der Waals surface area (Å²) in [7, 11) is 0. The minimum Gasteiger partial charge on any atom is -0.376 e. The molecule has 1 N–H and O–H groups in total. The Bertz CT molecular complexity index is 1390. The molecule has 238 valence electrons. The summed E-state index contributed by atoms with van der Waals surface area (Å²) in [6.07, 6.45) is -18.8. The van der Waals surface area contributed by atoms with Crippen molar-refractivity contribution in [3.63, 3.8) is 0 Å². The largest absolute Gasteiger partial charge is 0.494 e. The zero-order chi connectivity index (χ0) is 32.4. The summed E-state index contributed by atoms with van der Waals surface area (Å²) < 4.78 is 141. The van der Waals surface area contributed by atoms with E-state index in [9.17, 15) is 48.7 Å². The summed E-state index contributed by atoms with van der Waals surface area (Å²) in [5.41, 5.74) is -6.45. The smallest absolute Gasteiger partial charge is 0.376 e. The van der Waals surface area contributed by atoms with Gasteiger partial charge in [0.25, 0.3) is 0 Å². The molecule has 2 atom stereocenters. The van der Waals surface area contributed by atoms with Crippen molar-refractivity contribution in [1.82, 2.24) is 5.32 Å². The van der Waals surface area contributed by atoms with E-state index >= 15 is 0 Å². The highest BCUT2D eigenvalue weighted by Crippen LogP contribution is 2.54. The number of hydrogen-bond acceptors (Lipinski definition) is 5. The number of benzene rings is 3. The number of halogens is 10. The van der Waals surface area contributed by atoms with Gasteiger partial charge in [0.2, 0.25) is 0 Å². The topological polar surface area (TPSA) is 56.8 Å². The van der Waals surface area contributed by atoms with Crippen LogP contribution in [0, 0.1) is 5.82 Å². The number of hydrogen-bond donors (Lipinski definition) is 1.